The molecule has 1 heterocycles. The molecule has 9 heteroatoms. The van der Waals surface area contributed by atoms with Gasteiger partial charge >= 0.3 is 0 Å². The topological polar surface area (TPSA) is 56.1 Å². The van der Waals surface area contributed by atoms with Crippen LogP contribution in [0.3, 0.4) is 0 Å². The third kappa shape index (κ3) is 3.21. The maximum atomic E-state index is 13.4. The van der Waals surface area contributed by atoms with E-state index in [2.05, 4.69) is 4.98 Å². The van der Waals surface area contributed by atoms with Crippen molar-refractivity contribution < 1.29 is 18.4 Å². The number of para-hydroxylation sites is 1. The Morgan fingerprint density at radius 1 is 1.41 bits per heavy atom. The van der Waals surface area contributed by atoms with Crippen molar-refractivity contribution in [2.45, 2.75) is 13.3 Å². The molecule has 118 valence electrons. The Kier molecular flexibility index (Phi) is 5.33. The fraction of sp³-hybridized carbons (Fsp3) is 0.231. The van der Waals surface area contributed by atoms with E-state index in [1.54, 1.807) is 13.0 Å². The van der Waals surface area contributed by atoms with Crippen LogP contribution in [0.15, 0.2) is 24.5 Å². The maximum Gasteiger partial charge on any atom is 0.295 e. The molecular weight excluding hydrogens is 339 g/mol. The van der Waals surface area contributed by atoms with Gasteiger partial charge in [-0.25, -0.2) is 19.2 Å². The molecule has 0 aliphatic heterocycles. The van der Waals surface area contributed by atoms with Crippen LogP contribution in [-0.2, 0) is 4.84 Å². The molecule has 0 fully saturated rings. The highest BCUT2D eigenvalue weighted by Crippen LogP contribution is 2.33. The van der Waals surface area contributed by atoms with Crippen molar-refractivity contribution in [3.8, 4) is 5.69 Å². The van der Waals surface area contributed by atoms with E-state index in [0.717, 1.165) is 10.9 Å². The van der Waals surface area contributed by atoms with Gasteiger partial charge < -0.3 is 0 Å². The van der Waals surface area contributed by atoms with Gasteiger partial charge in [0.05, 0.1) is 22.3 Å². The molecule has 0 spiro atoms. The Labute approximate surface area is 134 Å². The quantitative estimate of drug-likeness (QED) is 0.835. The first-order valence-electron chi connectivity index (χ1n) is 6.19. The summed E-state index contributed by atoms with van der Waals surface area (Å²) >= 11 is 12.0. The third-order valence-corrected chi connectivity index (χ3v) is 3.32. The summed E-state index contributed by atoms with van der Waals surface area (Å²) in [6.45, 7) is 1.82. The highest BCUT2D eigenvalue weighted by molar-refractivity contribution is 6.37. The van der Waals surface area contributed by atoms with E-state index in [4.69, 9.17) is 28.0 Å². The maximum absolute atomic E-state index is 13.4. The first kappa shape index (κ1) is 16.7. The van der Waals surface area contributed by atoms with Gasteiger partial charge in [-0.2, -0.15) is 0 Å². The largest absolute Gasteiger partial charge is 0.295 e. The number of alkyl halides is 2. The van der Waals surface area contributed by atoms with Crippen molar-refractivity contribution in [3.05, 3.63) is 46.0 Å². The fourth-order valence-corrected chi connectivity index (χ4v) is 2.40. The first-order valence-corrected chi connectivity index (χ1v) is 6.94. The molecule has 0 atom stereocenters. The molecule has 1 aromatic heterocycles. The number of carbonyl (C=O) groups excluding carboxylic acids is 1. The molecule has 2 aromatic rings. The van der Waals surface area contributed by atoms with Crippen molar-refractivity contribution in [1.82, 2.24) is 15.0 Å². The van der Waals surface area contributed by atoms with Crippen LogP contribution in [0.25, 0.3) is 5.69 Å². The monoisotopic (exact) mass is 349 g/mol. The van der Waals surface area contributed by atoms with E-state index >= 15 is 0 Å². The summed E-state index contributed by atoms with van der Waals surface area (Å²) < 4.78 is 27.8. The molecule has 22 heavy (non-hydrogen) atoms. The van der Waals surface area contributed by atoms with Crippen LogP contribution >= 0.6 is 23.2 Å². The number of amides is 1. The number of aromatic nitrogens is 2. The molecule has 1 N–H and O–H groups in total. The highest BCUT2D eigenvalue weighted by atomic mass is 35.5. The lowest BCUT2D eigenvalue weighted by atomic mass is 10.2. The minimum Gasteiger partial charge on any atom is -0.294 e. The number of halogens is 4. The zero-order chi connectivity index (χ0) is 16.3. The van der Waals surface area contributed by atoms with Gasteiger partial charge in [0.1, 0.15) is 12.0 Å². The smallest absolute Gasteiger partial charge is 0.294 e. The van der Waals surface area contributed by atoms with E-state index < -0.39 is 23.7 Å². The second-order valence-electron chi connectivity index (χ2n) is 4.08. The van der Waals surface area contributed by atoms with Crippen LogP contribution in [0.5, 0.6) is 0 Å². The summed E-state index contributed by atoms with van der Waals surface area (Å²) in [5.74, 6) is -0.876. The molecular formula is C13H11Cl2F2N3O2. The zero-order valence-corrected chi connectivity index (χ0v) is 12.8. The van der Waals surface area contributed by atoms with Gasteiger partial charge in [-0.15, -0.1) is 0 Å². The van der Waals surface area contributed by atoms with Gasteiger partial charge in [-0.1, -0.05) is 29.3 Å². The van der Waals surface area contributed by atoms with Crippen LogP contribution in [-0.4, -0.2) is 22.1 Å². The Morgan fingerprint density at radius 2 is 2.05 bits per heavy atom. The number of imidazole rings is 1. The van der Waals surface area contributed by atoms with Crippen molar-refractivity contribution in [2.24, 2.45) is 0 Å². The number of nitrogens with one attached hydrogen (secondary N) is 1. The molecule has 0 radical (unpaired) electrons. The van der Waals surface area contributed by atoms with Gasteiger partial charge in [0, 0.05) is 0 Å². The van der Waals surface area contributed by atoms with Crippen molar-refractivity contribution in [3.63, 3.8) is 0 Å². The summed E-state index contributed by atoms with van der Waals surface area (Å²) in [7, 11) is 0. The molecule has 0 aliphatic carbocycles. The van der Waals surface area contributed by atoms with E-state index in [0.29, 0.717) is 0 Å². The van der Waals surface area contributed by atoms with Gasteiger partial charge in [0.15, 0.2) is 5.69 Å². The van der Waals surface area contributed by atoms with Crippen molar-refractivity contribution >= 4 is 29.1 Å². The predicted molar refractivity (Wildman–Crippen MR) is 77.6 cm³/mol. The van der Waals surface area contributed by atoms with Crippen molar-refractivity contribution in [1.29, 1.82) is 0 Å². The molecule has 1 aromatic carbocycles. The molecule has 0 unspecified atom stereocenters. The normalized spacial score (nSPS) is 11.0. The van der Waals surface area contributed by atoms with Crippen molar-refractivity contribution in [2.75, 3.05) is 6.61 Å². The van der Waals surface area contributed by atoms with E-state index in [9.17, 15) is 13.6 Å². The zero-order valence-electron chi connectivity index (χ0n) is 11.3. The molecule has 5 nitrogen and oxygen atoms in total. The molecule has 0 saturated carbocycles. The summed E-state index contributed by atoms with van der Waals surface area (Å²) in [5.41, 5.74) is 1.08. The average molecular weight is 350 g/mol. The van der Waals surface area contributed by atoms with E-state index in [-0.39, 0.29) is 22.3 Å². The minimum atomic E-state index is -2.96. The molecule has 0 bridgehead atoms. The lowest BCUT2D eigenvalue weighted by Gasteiger charge is -2.12. The molecule has 1 amide bonds. The van der Waals surface area contributed by atoms with E-state index in [1.807, 2.05) is 5.48 Å². The van der Waals surface area contributed by atoms with Crippen LogP contribution < -0.4 is 5.48 Å². The van der Waals surface area contributed by atoms with Gasteiger partial charge in [0.25, 0.3) is 12.3 Å². The second-order valence-corrected chi connectivity index (χ2v) is 4.90. The molecule has 2 rings (SSSR count). The summed E-state index contributed by atoms with van der Waals surface area (Å²) in [6.07, 6.45) is -1.90. The fourth-order valence-electron chi connectivity index (χ4n) is 1.82. The lowest BCUT2D eigenvalue weighted by Crippen LogP contribution is -2.25. The van der Waals surface area contributed by atoms with E-state index in [1.165, 1.54) is 12.1 Å². The molecule has 0 saturated heterocycles. The second kappa shape index (κ2) is 7.04. The number of hydrogen-bond acceptors (Lipinski definition) is 3. The summed E-state index contributed by atoms with van der Waals surface area (Å²) in [6, 6.07) is 4.58. The average Bonchev–Trinajstić information content (AvgIpc) is 2.89. The lowest BCUT2D eigenvalue weighted by molar-refractivity contribution is 0.0353. The third-order valence-electron chi connectivity index (χ3n) is 2.71. The van der Waals surface area contributed by atoms with Crippen LogP contribution in [0.2, 0.25) is 10.0 Å². The standard InChI is InChI=1S/C13H11Cl2F2N3O2/c1-2-22-19-13(21)9-11(12(16)17)20(6-18-9)10-7(14)4-3-5-8(10)15/h3-6,12H,2H2,1H3,(H,19,21). The molecule has 0 aliphatic rings. The SMILES string of the molecule is CCONC(=O)c1ncn(-c2c(Cl)cccc2Cl)c1C(F)F. The van der Waals surface area contributed by atoms with Gasteiger partial charge in [0.2, 0.25) is 0 Å². The number of hydroxylamine groups is 1. The Morgan fingerprint density at radius 3 is 2.59 bits per heavy atom. The number of nitrogens with zero attached hydrogens (tertiary/aromatic N) is 2. The Balaban J connectivity index is 2.54. The van der Waals surface area contributed by atoms with Crippen LogP contribution in [0.1, 0.15) is 29.5 Å². The Hall–Kier alpha value is -1.70. The van der Waals surface area contributed by atoms with Gasteiger partial charge in [-0.3, -0.25) is 14.2 Å². The minimum absolute atomic E-state index is 0.129. The Bertz CT molecular complexity index is 672. The number of hydrogen-bond donors (Lipinski definition) is 1. The highest BCUT2D eigenvalue weighted by Gasteiger charge is 2.27. The summed E-state index contributed by atoms with van der Waals surface area (Å²) in [4.78, 5) is 20.3. The van der Waals surface area contributed by atoms with Crippen LogP contribution in [0.4, 0.5) is 8.78 Å². The van der Waals surface area contributed by atoms with Crippen LogP contribution in [0, 0.1) is 0 Å². The number of carbonyl (C=O) groups is 1. The predicted octanol–water partition coefficient (Wildman–Crippen LogP) is 3.80. The summed E-state index contributed by atoms with van der Waals surface area (Å²) in [5, 5.41) is 0.312. The first-order chi connectivity index (χ1) is 10.5. The number of benzene rings is 1. The van der Waals surface area contributed by atoms with Gasteiger partial charge in [-0.05, 0) is 19.1 Å². The number of rotatable bonds is 5.